The number of likely N-dealkylation sites (tertiary alicyclic amines) is 1. The highest BCUT2D eigenvalue weighted by Gasteiger charge is 2.25. The Hall–Kier alpha value is -2.02. The van der Waals surface area contributed by atoms with Gasteiger partial charge in [0, 0.05) is 32.6 Å². The fourth-order valence-corrected chi connectivity index (χ4v) is 3.46. The molecule has 2 rings (SSSR count). The summed E-state index contributed by atoms with van der Waals surface area (Å²) in [6.45, 7) is 11.7. The molecular formula is C20H35N5O2. The minimum atomic E-state index is 0.162. The maximum absolute atomic E-state index is 12.1. The predicted molar refractivity (Wildman–Crippen MR) is 109 cm³/mol. The summed E-state index contributed by atoms with van der Waals surface area (Å²) in [4.78, 5) is 21.2. The van der Waals surface area contributed by atoms with Crippen molar-refractivity contribution in [3.63, 3.8) is 0 Å². The predicted octanol–water partition coefficient (Wildman–Crippen LogP) is 2.23. The summed E-state index contributed by atoms with van der Waals surface area (Å²) < 4.78 is 5.66. The number of amides is 1. The van der Waals surface area contributed by atoms with E-state index in [9.17, 15) is 4.79 Å². The number of aliphatic imine (C=N–C) groups is 1. The topological polar surface area (TPSA) is 73.1 Å². The van der Waals surface area contributed by atoms with Crippen LogP contribution < -0.4 is 10.6 Å². The van der Waals surface area contributed by atoms with Crippen LogP contribution in [0.4, 0.5) is 0 Å². The molecule has 1 saturated heterocycles. The van der Waals surface area contributed by atoms with Crippen LogP contribution in [0.1, 0.15) is 51.8 Å². The van der Waals surface area contributed by atoms with E-state index in [1.807, 2.05) is 37.8 Å². The lowest BCUT2D eigenvalue weighted by atomic mass is 10.2. The van der Waals surface area contributed by atoms with Gasteiger partial charge in [0.2, 0.25) is 5.91 Å². The van der Waals surface area contributed by atoms with Gasteiger partial charge in [-0.1, -0.05) is 0 Å². The van der Waals surface area contributed by atoms with Crippen LogP contribution in [-0.2, 0) is 4.79 Å². The van der Waals surface area contributed by atoms with E-state index in [1.54, 1.807) is 6.26 Å². The number of nitrogens with zero attached hydrogens (tertiary/aromatic N) is 3. The van der Waals surface area contributed by atoms with Crippen LogP contribution >= 0.6 is 0 Å². The Morgan fingerprint density at radius 2 is 2.00 bits per heavy atom. The van der Waals surface area contributed by atoms with Crippen LogP contribution in [0.3, 0.4) is 0 Å². The molecule has 0 bridgehead atoms. The first-order valence-electron chi connectivity index (χ1n) is 10.3. The fourth-order valence-electron chi connectivity index (χ4n) is 3.46. The Labute approximate surface area is 163 Å². The number of rotatable bonds is 10. The van der Waals surface area contributed by atoms with E-state index >= 15 is 0 Å². The van der Waals surface area contributed by atoms with Crippen molar-refractivity contribution in [2.24, 2.45) is 4.99 Å². The van der Waals surface area contributed by atoms with E-state index in [2.05, 4.69) is 15.5 Å². The Balaban J connectivity index is 1.93. The van der Waals surface area contributed by atoms with Gasteiger partial charge in [0.25, 0.3) is 0 Å². The molecule has 1 aliphatic rings. The lowest BCUT2D eigenvalue weighted by Crippen LogP contribution is -2.40. The average Bonchev–Trinajstić information content (AvgIpc) is 3.37. The Bertz CT molecular complexity index is 563. The summed E-state index contributed by atoms with van der Waals surface area (Å²) in [5, 5.41) is 6.56. The molecule has 2 N–H and O–H groups in total. The molecular weight excluding hydrogens is 342 g/mol. The quantitative estimate of drug-likeness (QED) is 0.483. The zero-order chi connectivity index (χ0) is 19.5. The van der Waals surface area contributed by atoms with Crippen LogP contribution in [0.25, 0.3) is 0 Å². The monoisotopic (exact) mass is 377 g/mol. The largest absolute Gasteiger partial charge is 0.468 e. The maximum atomic E-state index is 12.1. The zero-order valence-corrected chi connectivity index (χ0v) is 17.0. The summed E-state index contributed by atoms with van der Waals surface area (Å²) in [5.74, 6) is 1.89. The van der Waals surface area contributed by atoms with Crippen molar-refractivity contribution in [1.29, 1.82) is 0 Å². The van der Waals surface area contributed by atoms with Crippen molar-refractivity contribution < 1.29 is 9.21 Å². The standard InChI is InChI=1S/C20H35N5O2/c1-4-21-20(22-12-11-19(26)24(5-2)6-3)23-16-17(18-10-9-15-27-18)25-13-7-8-14-25/h9-10,15,17H,4-8,11-14,16H2,1-3H3,(H2,21,22,23). The van der Waals surface area contributed by atoms with Crippen LogP contribution in [0, 0.1) is 0 Å². The maximum Gasteiger partial charge on any atom is 0.224 e. The number of carbonyl (C=O) groups excluding carboxylic acids is 1. The van der Waals surface area contributed by atoms with Gasteiger partial charge < -0.3 is 20.0 Å². The minimum absolute atomic E-state index is 0.162. The fraction of sp³-hybridized carbons (Fsp3) is 0.700. The van der Waals surface area contributed by atoms with Gasteiger partial charge in [-0.2, -0.15) is 0 Å². The Morgan fingerprint density at radius 3 is 2.59 bits per heavy atom. The molecule has 1 amide bonds. The van der Waals surface area contributed by atoms with Gasteiger partial charge in [0.05, 0.1) is 18.8 Å². The van der Waals surface area contributed by atoms with Gasteiger partial charge in [-0.3, -0.25) is 14.7 Å². The van der Waals surface area contributed by atoms with Gasteiger partial charge in [-0.05, 0) is 58.8 Å². The molecule has 1 aliphatic heterocycles. The van der Waals surface area contributed by atoms with Gasteiger partial charge in [0.1, 0.15) is 5.76 Å². The van der Waals surface area contributed by atoms with Crippen molar-refractivity contribution in [3.05, 3.63) is 24.2 Å². The first-order valence-corrected chi connectivity index (χ1v) is 10.3. The van der Waals surface area contributed by atoms with E-state index in [1.165, 1.54) is 12.8 Å². The molecule has 152 valence electrons. The van der Waals surface area contributed by atoms with E-state index in [0.29, 0.717) is 19.5 Å². The van der Waals surface area contributed by atoms with Crippen molar-refractivity contribution in [3.8, 4) is 0 Å². The first-order chi connectivity index (χ1) is 13.2. The molecule has 1 aromatic heterocycles. The van der Waals surface area contributed by atoms with E-state index in [4.69, 9.17) is 9.41 Å². The molecule has 1 fully saturated rings. The summed E-state index contributed by atoms with van der Waals surface area (Å²) in [5.41, 5.74) is 0. The van der Waals surface area contributed by atoms with Gasteiger partial charge >= 0.3 is 0 Å². The van der Waals surface area contributed by atoms with E-state index in [-0.39, 0.29) is 11.9 Å². The molecule has 1 aromatic rings. The number of hydrogen-bond acceptors (Lipinski definition) is 4. The second-order valence-electron chi connectivity index (χ2n) is 6.74. The molecule has 0 aliphatic carbocycles. The van der Waals surface area contributed by atoms with Crippen molar-refractivity contribution in [1.82, 2.24) is 20.4 Å². The van der Waals surface area contributed by atoms with Gasteiger partial charge in [-0.15, -0.1) is 0 Å². The number of carbonyl (C=O) groups is 1. The minimum Gasteiger partial charge on any atom is -0.468 e. The number of furan rings is 1. The highest BCUT2D eigenvalue weighted by molar-refractivity contribution is 5.81. The molecule has 1 atom stereocenters. The van der Waals surface area contributed by atoms with Gasteiger partial charge in [0.15, 0.2) is 5.96 Å². The molecule has 0 spiro atoms. The number of guanidine groups is 1. The summed E-state index contributed by atoms with van der Waals surface area (Å²) in [6.07, 6.45) is 4.66. The Morgan fingerprint density at radius 1 is 1.26 bits per heavy atom. The average molecular weight is 378 g/mol. The lowest BCUT2D eigenvalue weighted by Gasteiger charge is -2.24. The smallest absolute Gasteiger partial charge is 0.224 e. The molecule has 0 radical (unpaired) electrons. The van der Waals surface area contributed by atoms with E-state index < -0.39 is 0 Å². The molecule has 7 nitrogen and oxygen atoms in total. The van der Waals surface area contributed by atoms with Crippen molar-refractivity contribution >= 4 is 11.9 Å². The Kier molecular flexibility index (Phi) is 9.18. The third-order valence-electron chi connectivity index (χ3n) is 4.97. The SMILES string of the molecule is CCNC(=NCC(c1ccco1)N1CCCC1)NCCC(=O)N(CC)CC. The molecule has 27 heavy (non-hydrogen) atoms. The summed E-state index contributed by atoms with van der Waals surface area (Å²) in [7, 11) is 0. The second-order valence-corrected chi connectivity index (χ2v) is 6.74. The van der Waals surface area contributed by atoms with Crippen molar-refractivity contribution in [2.75, 3.05) is 45.8 Å². The highest BCUT2D eigenvalue weighted by atomic mass is 16.3. The third-order valence-corrected chi connectivity index (χ3v) is 4.97. The number of hydrogen-bond donors (Lipinski definition) is 2. The normalized spacial score (nSPS) is 16.3. The van der Waals surface area contributed by atoms with Crippen LogP contribution in [-0.4, -0.2) is 67.5 Å². The summed E-state index contributed by atoms with van der Waals surface area (Å²) >= 11 is 0. The molecule has 0 saturated carbocycles. The summed E-state index contributed by atoms with van der Waals surface area (Å²) in [6, 6.07) is 4.13. The van der Waals surface area contributed by atoms with Gasteiger partial charge in [-0.25, -0.2) is 0 Å². The second kappa shape index (κ2) is 11.6. The lowest BCUT2D eigenvalue weighted by molar-refractivity contribution is -0.130. The molecule has 1 unspecified atom stereocenters. The molecule has 0 aromatic carbocycles. The van der Waals surface area contributed by atoms with E-state index in [0.717, 1.165) is 44.4 Å². The van der Waals surface area contributed by atoms with Crippen LogP contribution in [0.5, 0.6) is 0 Å². The zero-order valence-electron chi connectivity index (χ0n) is 17.0. The van der Waals surface area contributed by atoms with Crippen molar-refractivity contribution in [2.45, 2.75) is 46.1 Å². The first kappa shape index (κ1) is 21.3. The molecule has 7 heteroatoms. The van der Waals surface area contributed by atoms with Crippen LogP contribution in [0.15, 0.2) is 27.8 Å². The third kappa shape index (κ3) is 6.57. The van der Waals surface area contributed by atoms with Crippen LogP contribution in [0.2, 0.25) is 0 Å². The number of nitrogens with one attached hydrogen (secondary N) is 2. The molecule has 2 heterocycles. The highest BCUT2D eigenvalue weighted by Crippen LogP contribution is 2.25.